The molecule has 2 unspecified atom stereocenters. The van der Waals surface area contributed by atoms with E-state index in [9.17, 15) is 22.4 Å². The number of hydrogen-bond donors (Lipinski definition) is 2. The van der Waals surface area contributed by atoms with Gasteiger partial charge in [0.1, 0.15) is 5.82 Å². The van der Waals surface area contributed by atoms with Gasteiger partial charge in [0, 0.05) is 6.04 Å². The lowest BCUT2D eigenvalue weighted by Gasteiger charge is -2.20. The molecule has 1 heterocycles. The van der Waals surface area contributed by atoms with Gasteiger partial charge in [-0.05, 0) is 50.6 Å². The molecule has 1 aliphatic rings. The molecule has 1 amide bonds. The Bertz CT molecular complexity index is 524. The molecule has 116 valence electrons. The summed E-state index contributed by atoms with van der Waals surface area (Å²) < 4.78 is 51.4. The molecule has 0 spiro atoms. The Morgan fingerprint density at radius 2 is 2.14 bits per heavy atom. The van der Waals surface area contributed by atoms with Gasteiger partial charge in [0.25, 0.3) is 5.91 Å². The molecule has 0 saturated carbocycles. The highest BCUT2D eigenvalue weighted by atomic mass is 19.4. The van der Waals surface area contributed by atoms with Gasteiger partial charge in [0.15, 0.2) is 0 Å². The van der Waals surface area contributed by atoms with Crippen molar-refractivity contribution in [2.45, 2.75) is 25.6 Å². The SMILES string of the molecule is CC(NC(=O)c1cc(C(F)(F)F)ccc1F)C1CCNC1. The van der Waals surface area contributed by atoms with Gasteiger partial charge in [0.05, 0.1) is 11.1 Å². The monoisotopic (exact) mass is 304 g/mol. The molecule has 3 nitrogen and oxygen atoms in total. The lowest BCUT2D eigenvalue weighted by molar-refractivity contribution is -0.137. The molecule has 0 aromatic heterocycles. The van der Waals surface area contributed by atoms with Crippen LogP contribution in [0.3, 0.4) is 0 Å². The van der Waals surface area contributed by atoms with Crippen molar-refractivity contribution in [2.75, 3.05) is 13.1 Å². The maximum Gasteiger partial charge on any atom is 0.416 e. The summed E-state index contributed by atoms with van der Waals surface area (Å²) >= 11 is 0. The Kier molecular flexibility index (Phi) is 4.51. The van der Waals surface area contributed by atoms with Crippen LogP contribution in [0.25, 0.3) is 0 Å². The fraction of sp³-hybridized carbons (Fsp3) is 0.500. The van der Waals surface area contributed by atoms with Crippen LogP contribution in [-0.2, 0) is 6.18 Å². The Morgan fingerprint density at radius 3 is 2.71 bits per heavy atom. The first kappa shape index (κ1) is 15.8. The third kappa shape index (κ3) is 3.72. The summed E-state index contributed by atoms with van der Waals surface area (Å²) in [7, 11) is 0. The zero-order chi connectivity index (χ0) is 15.6. The average molecular weight is 304 g/mol. The largest absolute Gasteiger partial charge is 0.416 e. The Labute approximate surface area is 119 Å². The molecule has 0 aliphatic carbocycles. The van der Waals surface area contributed by atoms with Crippen LogP contribution in [0.4, 0.5) is 17.6 Å². The van der Waals surface area contributed by atoms with Gasteiger partial charge in [-0.1, -0.05) is 0 Å². The first-order valence-corrected chi connectivity index (χ1v) is 6.67. The third-order valence-electron chi connectivity index (χ3n) is 3.70. The molecule has 1 aromatic carbocycles. The van der Waals surface area contributed by atoms with Crippen LogP contribution in [-0.4, -0.2) is 25.0 Å². The molecule has 21 heavy (non-hydrogen) atoms. The van der Waals surface area contributed by atoms with Crippen molar-refractivity contribution in [3.8, 4) is 0 Å². The lowest BCUT2D eigenvalue weighted by Crippen LogP contribution is -2.39. The Hall–Kier alpha value is -1.63. The van der Waals surface area contributed by atoms with Gasteiger partial charge >= 0.3 is 6.18 Å². The number of hydrogen-bond acceptors (Lipinski definition) is 2. The number of nitrogens with one attached hydrogen (secondary N) is 2. The van der Waals surface area contributed by atoms with E-state index in [1.54, 1.807) is 6.92 Å². The van der Waals surface area contributed by atoms with E-state index < -0.39 is 29.0 Å². The summed E-state index contributed by atoms with van der Waals surface area (Å²) in [5, 5.41) is 5.70. The van der Waals surface area contributed by atoms with Crippen molar-refractivity contribution < 1.29 is 22.4 Å². The minimum Gasteiger partial charge on any atom is -0.349 e. The van der Waals surface area contributed by atoms with Gasteiger partial charge in [-0.15, -0.1) is 0 Å². The molecule has 0 radical (unpaired) electrons. The molecule has 1 aromatic rings. The minimum atomic E-state index is -4.61. The standard InChI is InChI=1S/C14H16F4N2O/c1-8(9-4-5-19-7-9)20-13(21)11-6-10(14(16,17)18)2-3-12(11)15/h2-3,6,8-9,19H,4-5,7H2,1H3,(H,20,21). The van der Waals surface area contributed by atoms with Crippen LogP contribution >= 0.6 is 0 Å². The maximum atomic E-state index is 13.6. The molecule has 2 rings (SSSR count). The van der Waals surface area contributed by atoms with E-state index >= 15 is 0 Å². The van der Waals surface area contributed by atoms with E-state index in [2.05, 4.69) is 10.6 Å². The van der Waals surface area contributed by atoms with E-state index in [4.69, 9.17) is 0 Å². The van der Waals surface area contributed by atoms with Crippen LogP contribution in [0, 0.1) is 11.7 Å². The minimum absolute atomic E-state index is 0.197. The molecule has 1 fully saturated rings. The van der Waals surface area contributed by atoms with Crippen LogP contribution in [0.15, 0.2) is 18.2 Å². The van der Waals surface area contributed by atoms with Crippen LogP contribution < -0.4 is 10.6 Å². The summed E-state index contributed by atoms with van der Waals surface area (Å²) in [6, 6.07) is 1.60. The number of carbonyl (C=O) groups excluding carboxylic acids is 1. The fourth-order valence-corrected chi connectivity index (χ4v) is 2.38. The van der Waals surface area contributed by atoms with Crippen molar-refractivity contribution >= 4 is 5.91 Å². The second kappa shape index (κ2) is 6.01. The zero-order valence-electron chi connectivity index (χ0n) is 11.4. The Morgan fingerprint density at radius 1 is 1.43 bits per heavy atom. The summed E-state index contributed by atoms with van der Waals surface area (Å²) in [6.07, 6.45) is -3.74. The zero-order valence-corrected chi connectivity index (χ0v) is 11.4. The topological polar surface area (TPSA) is 41.1 Å². The normalized spacial score (nSPS) is 20.3. The molecule has 1 aliphatic heterocycles. The van der Waals surface area contributed by atoms with Gasteiger partial charge in [-0.2, -0.15) is 13.2 Å². The lowest BCUT2D eigenvalue weighted by atomic mass is 10.00. The number of rotatable bonds is 3. The Balaban J connectivity index is 2.14. The molecular formula is C14H16F4N2O. The number of halogens is 4. The first-order chi connectivity index (χ1) is 9.79. The average Bonchev–Trinajstić information content (AvgIpc) is 2.91. The van der Waals surface area contributed by atoms with Gasteiger partial charge in [-0.25, -0.2) is 4.39 Å². The highest BCUT2D eigenvalue weighted by Gasteiger charge is 2.32. The summed E-state index contributed by atoms with van der Waals surface area (Å²) in [6.45, 7) is 3.33. The molecule has 2 atom stereocenters. The van der Waals surface area contributed by atoms with E-state index in [0.717, 1.165) is 19.5 Å². The van der Waals surface area contributed by atoms with Crippen molar-refractivity contribution in [1.82, 2.24) is 10.6 Å². The number of amides is 1. The predicted octanol–water partition coefficient (Wildman–Crippen LogP) is 2.57. The van der Waals surface area contributed by atoms with Gasteiger partial charge in [-0.3, -0.25) is 4.79 Å². The van der Waals surface area contributed by atoms with Gasteiger partial charge < -0.3 is 10.6 Å². The number of alkyl halides is 3. The first-order valence-electron chi connectivity index (χ1n) is 6.67. The summed E-state index contributed by atoms with van der Waals surface area (Å²) in [5.74, 6) is -1.59. The summed E-state index contributed by atoms with van der Waals surface area (Å²) in [4.78, 5) is 12.0. The van der Waals surface area contributed by atoms with E-state index in [1.807, 2.05) is 0 Å². The second-order valence-corrected chi connectivity index (χ2v) is 5.21. The van der Waals surface area contributed by atoms with Crippen molar-refractivity contribution in [3.63, 3.8) is 0 Å². The molecular weight excluding hydrogens is 288 g/mol. The summed E-state index contributed by atoms with van der Waals surface area (Å²) in [5.41, 5.74) is -1.62. The number of carbonyl (C=O) groups is 1. The molecule has 2 N–H and O–H groups in total. The third-order valence-corrected chi connectivity index (χ3v) is 3.70. The second-order valence-electron chi connectivity index (χ2n) is 5.21. The smallest absolute Gasteiger partial charge is 0.349 e. The van der Waals surface area contributed by atoms with Crippen molar-refractivity contribution in [2.24, 2.45) is 5.92 Å². The molecule has 0 bridgehead atoms. The van der Waals surface area contributed by atoms with Gasteiger partial charge in [0.2, 0.25) is 0 Å². The van der Waals surface area contributed by atoms with E-state index in [-0.39, 0.29) is 12.0 Å². The quantitative estimate of drug-likeness (QED) is 0.843. The molecule has 7 heteroatoms. The van der Waals surface area contributed by atoms with E-state index in [1.165, 1.54) is 0 Å². The molecule has 1 saturated heterocycles. The van der Waals surface area contributed by atoms with Crippen LogP contribution in [0.1, 0.15) is 29.3 Å². The maximum absolute atomic E-state index is 13.6. The fourth-order valence-electron chi connectivity index (χ4n) is 2.38. The van der Waals surface area contributed by atoms with E-state index in [0.29, 0.717) is 18.2 Å². The number of benzene rings is 1. The predicted molar refractivity (Wildman–Crippen MR) is 69.3 cm³/mol. The van der Waals surface area contributed by atoms with Crippen LogP contribution in [0.2, 0.25) is 0 Å². The highest BCUT2D eigenvalue weighted by Crippen LogP contribution is 2.30. The highest BCUT2D eigenvalue weighted by molar-refractivity contribution is 5.94. The van der Waals surface area contributed by atoms with Crippen molar-refractivity contribution in [3.05, 3.63) is 35.1 Å². The van der Waals surface area contributed by atoms with Crippen molar-refractivity contribution in [1.29, 1.82) is 0 Å². The van der Waals surface area contributed by atoms with Crippen LogP contribution in [0.5, 0.6) is 0 Å².